The fraction of sp³-hybridized carbons (Fsp3) is 0.562. The zero-order chi connectivity index (χ0) is 15.8. The lowest BCUT2D eigenvalue weighted by Gasteiger charge is -2.15. The number of halogens is 1. The van der Waals surface area contributed by atoms with Gasteiger partial charge in [0.15, 0.2) is 6.61 Å². The maximum absolute atomic E-state index is 13.5. The lowest BCUT2D eigenvalue weighted by molar-refractivity contribution is -0.123. The van der Waals surface area contributed by atoms with Crippen molar-refractivity contribution < 1.29 is 13.9 Å². The summed E-state index contributed by atoms with van der Waals surface area (Å²) in [4.78, 5) is 11.7. The molecule has 1 atom stereocenters. The van der Waals surface area contributed by atoms with Gasteiger partial charge in [-0.05, 0) is 43.9 Å². The van der Waals surface area contributed by atoms with Crippen LogP contribution in [0.5, 0.6) is 5.75 Å². The van der Waals surface area contributed by atoms with Gasteiger partial charge in [-0.2, -0.15) is 0 Å². The van der Waals surface area contributed by atoms with Crippen LogP contribution >= 0.6 is 0 Å². The average molecular weight is 296 g/mol. The van der Waals surface area contributed by atoms with E-state index in [1.807, 2.05) is 20.8 Å². The number of rotatable bonds is 8. The summed E-state index contributed by atoms with van der Waals surface area (Å²) >= 11 is 0. The summed E-state index contributed by atoms with van der Waals surface area (Å²) in [6.07, 6.45) is 2.32. The molecule has 0 bridgehead atoms. The van der Waals surface area contributed by atoms with Gasteiger partial charge in [0.25, 0.3) is 5.91 Å². The minimum absolute atomic E-state index is 0.0576. The van der Waals surface area contributed by atoms with E-state index in [0.29, 0.717) is 12.2 Å². The number of ether oxygens (including phenoxy) is 1. The Morgan fingerprint density at radius 1 is 1.33 bits per heavy atom. The number of carbonyl (C=O) groups excluding carboxylic acids is 1. The molecule has 1 aromatic rings. The number of carbonyl (C=O) groups is 1. The van der Waals surface area contributed by atoms with Crippen molar-refractivity contribution in [2.75, 3.05) is 6.61 Å². The Kier molecular flexibility index (Phi) is 7.15. The highest BCUT2D eigenvalue weighted by atomic mass is 19.1. The smallest absolute Gasteiger partial charge is 0.258 e. The molecule has 4 nitrogen and oxygen atoms in total. The maximum atomic E-state index is 13.5. The topological polar surface area (TPSA) is 64.3 Å². The molecule has 1 amide bonds. The standard InChI is InChI=1S/C16H25FN2O2/c1-4-14(5-2)19-16(20)10-21-15-8-12(6-11(3)18)7-13(17)9-15/h7-9,11,14H,4-6,10,18H2,1-3H3,(H,19,20). The van der Waals surface area contributed by atoms with Crippen LogP contribution in [0.4, 0.5) is 4.39 Å². The van der Waals surface area contributed by atoms with Crippen molar-refractivity contribution in [1.82, 2.24) is 5.32 Å². The third-order valence-corrected chi connectivity index (χ3v) is 3.21. The van der Waals surface area contributed by atoms with Crippen molar-refractivity contribution >= 4 is 5.91 Å². The second kappa shape index (κ2) is 8.62. The van der Waals surface area contributed by atoms with Crippen molar-refractivity contribution in [2.45, 2.75) is 52.1 Å². The maximum Gasteiger partial charge on any atom is 0.258 e. The van der Waals surface area contributed by atoms with E-state index in [1.54, 1.807) is 6.07 Å². The first-order valence-corrected chi connectivity index (χ1v) is 7.41. The van der Waals surface area contributed by atoms with E-state index in [0.717, 1.165) is 18.4 Å². The van der Waals surface area contributed by atoms with Crippen molar-refractivity contribution in [2.24, 2.45) is 5.73 Å². The van der Waals surface area contributed by atoms with Gasteiger partial charge in [-0.3, -0.25) is 4.79 Å². The van der Waals surface area contributed by atoms with Gasteiger partial charge in [-0.25, -0.2) is 4.39 Å². The Morgan fingerprint density at radius 2 is 2.00 bits per heavy atom. The monoisotopic (exact) mass is 296 g/mol. The van der Waals surface area contributed by atoms with Gasteiger partial charge >= 0.3 is 0 Å². The van der Waals surface area contributed by atoms with Crippen LogP contribution in [0.15, 0.2) is 18.2 Å². The van der Waals surface area contributed by atoms with Crippen LogP contribution in [0, 0.1) is 5.82 Å². The molecule has 1 rings (SSSR count). The molecular weight excluding hydrogens is 271 g/mol. The molecule has 3 N–H and O–H groups in total. The van der Waals surface area contributed by atoms with Crippen LogP contribution in [0.25, 0.3) is 0 Å². The van der Waals surface area contributed by atoms with E-state index < -0.39 is 0 Å². The lowest BCUT2D eigenvalue weighted by Crippen LogP contribution is -2.37. The van der Waals surface area contributed by atoms with Gasteiger partial charge in [-0.1, -0.05) is 13.8 Å². The molecule has 0 aliphatic carbocycles. The van der Waals surface area contributed by atoms with E-state index >= 15 is 0 Å². The second-order valence-electron chi connectivity index (χ2n) is 5.35. The Hall–Kier alpha value is -1.62. The van der Waals surface area contributed by atoms with E-state index in [1.165, 1.54) is 12.1 Å². The summed E-state index contributed by atoms with van der Waals surface area (Å²) in [7, 11) is 0. The molecule has 0 fully saturated rings. The molecule has 21 heavy (non-hydrogen) atoms. The molecule has 0 aromatic heterocycles. The Balaban J connectivity index is 2.58. The first-order valence-electron chi connectivity index (χ1n) is 7.41. The third kappa shape index (κ3) is 6.58. The van der Waals surface area contributed by atoms with Crippen LogP contribution in [-0.4, -0.2) is 24.6 Å². The molecule has 0 aliphatic heterocycles. The first-order chi connectivity index (χ1) is 9.94. The zero-order valence-corrected chi connectivity index (χ0v) is 13.0. The summed E-state index contributed by atoms with van der Waals surface area (Å²) in [6.45, 7) is 5.77. The van der Waals surface area contributed by atoms with Crippen LogP contribution in [0.3, 0.4) is 0 Å². The van der Waals surface area contributed by atoms with Crippen LogP contribution < -0.4 is 15.8 Å². The lowest BCUT2D eigenvalue weighted by atomic mass is 10.1. The Labute approximate surface area is 125 Å². The fourth-order valence-electron chi connectivity index (χ4n) is 2.10. The van der Waals surface area contributed by atoms with Crippen LogP contribution in [-0.2, 0) is 11.2 Å². The minimum atomic E-state index is -0.386. The quantitative estimate of drug-likeness (QED) is 0.774. The number of benzene rings is 1. The van der Waals surface area contributed by atoms with Gasteiger partial charge in [0.1, 0.15) is 11.6 Å². The molecule has 1 aromatic carbocycles. The molecule has 118 valence electrons. The molecular formula is C16H25FN2O2. The van der Waals surface area contributed by atoms with Gasteiger partial charge in [0.2, 0.25) is 0 Å². The average Bonchev–Trinajstić information content (AvgIpc) is 2.41. The predicted octanol–water partition coefficient (Wildman–Crippen LogP) is 2.40. The molecule has 0 saturated carbocycles. The van der Waals surface area contributed by atoms with E-state index in [9.17, 15) is 9.18 Å². The van der Waals surface area contributed by atoms with E-state index in [2.05, 4.69) is 5.32 Å². The second-order valence-corrected chi connectivity index (χ2v) is 5.35. The summed E-state index contributed by atoms with van der Waals surface area (Å²) in [5.74, 6) is -0.226. The largest absolute Gasteiger partial charge is 0.484 e. The number of amides is 1. The SMILES string of the molecule is CCC(CC)NC(=O)COc1cc(F)cc(CC(C)N)c1. The van der Waals surface area contributed by atoms with E-state index in [4.69, 9.17) is 10.5 Å². The van der Waals surface area contributed by atoms with Crippen LogP contribution in [0.2, 0.25) is 0 Å². The highest BCUT2D eigenvalue weighted by molar-refractivity contribution is 5.77. The highest BCUT2D eigenvalue weighted by Crippen LogP contribution is 2.17. The van der Waals surface area contributed by atoms with Crippen LogP contribution in [0.1, 0.15) is 39.2 Å². The summed E-state index contributed by atoms with van der Waals surface area (Å²) in [6, 6.07) is 4.52. The number of nitrogens with one attached hydrogen (secondary N) is 1. The van der Waals surface area contributed by atoms with Gasteiger partial charge in [-0.15, -0.1) is 0 Å². The number of hydrogen-bond donors (Lipinski definition) is 2. The fourth-order valence-corrected chi connectivity index (χ4v) is 2.10. The zero-order valence-electron chi connectivity index (χ0n) is 13.0. The van der Waals surface area contributed by atoms with Gasteiger partial charge < -0.3 is 15.8 Å². The Bertz CT molecular complexity index is 460. The molecule has 0 heterocycles. The normalized spacial score (nSPS) is 12.3. The van der Waals surface area contributed by atoms with Gasteiger partial charge in [0, 0.05) is 18.2 Å². The summed E-state index contributed by atoms with van der Waals surface area (Å²) in [5.41, 5.74) is 6.47. The van der Waals surface area contributed by atoms with Gasteiger partial charge in [0.05, 0.1) is 0 Å². The number of hydrogen-bond acceptors (Lipinski definition) is 3. The van der Waals surface area contributed by atoms with Crippen molar-refractivity contribution in [1.29, 1.82) is 0 Å². The molecule has 1 unspecified atom stereocenters. The predicted molar refractivity (Wildman–Crippen MR) is 81.8 cm³/mol. The molecule has 5 heteroatoms. The highest BCUT2D eigenvalue weighted by Gasteiger charge is 2.10. The summed E-state index contributed by atoms with van der Waals surface area (Å²) in [5, 5.41) is 2.87. The first kappa shape index (κ1) is 17.4. The molecule has 0 aliphatic rings. The van der Waals surface area contributed by atoms with E-state index in [-0.39, 0.29) is 30.4 Å². The van der Waals surface area contributed by atoms with Crippen molar-refractivity contribution in [3.8, 4) is 5.75 Å². The Morgan fingerprint density at radius 3 is 2.57 bits per heavy atom. The molecule has 0 saturated heterocycles. The summed E-state index contributed by atoms with van der Waals surface area (Å²) < 4.78 is 18.9. The van der Waals surface area contributed by atoms with Crippen molar-refractivity contribution in [3.05, 3.63) is 29.6 Å². The molecule has 0 radical (unpaired) electrons. The van der Waals surface area contributed by atoms with Crippen molar-refractivity contribution in [3.63, 3.8) is 0 Å². The molecule has 0 spiro atoms. The number of nitrogens with two attached hydrogens (primary N) is 1. The third-order valence-electron chi connectivity index (χ3n) is 3.21. The minimum Gasteiger partial charge on any atom is -0.484 e.